The molecule has 0 aliphatic carbocycles. The van der Waals surface area contributed by atoms with E-state index in [4.69, 9.17) is 24.7 Å². The second-order valence-electron chi connectivity index (χ2n) is 11.2. The summed E-state index contributed by atoms with van der Waals surface area (Å²) >= 11 is 0. The van der Waals surface area contributed by atoms with E-state index in [-0.39, 0.29) is 25.1 Å². The Balaban J connectivity index is 2.42. The van der Waals surface area contributed by atoms with Crippen molar-refractivity contribution in [2.75, 3.05) is 13.2 Å². The SMILES string of the molecule is C[C@@H](OCc1ccc(CCCCOCC(=O)OC(C)(C)C)cc1)C(CCC(N)=O)NC(=O)OC(C)(C)C. The molecule has 0 bridgehead atoms. The van der Waals surface area contributed by atoms with E-state index < -0.39 is 29.2 Å². The van der Waals surface area contributed by atoms with Gasteiger partial charge >= 0.3 is 12.1 Å². The van der Waals surface area contributed by atoms with E-state index in [9.17, 15) is 14.4 Å². The molecule has 1 aromatic rings. The quantitative estimate of drug-likeness (QED) is 0.258. The highest BCUT2D eigenvalue weighted by Crippen LogP contribution is 2.14. The predicted molar refractivity (Wildman–Crippen MR) is 142 cm³/mol. The van der Waals surface area contributed by atoms with Crippen LogP contribution in [-0.4, -0.2) is 54.5 Å². The van der Waals surface area contributed by atoms with Crippen LogP contribution in [0.1, 0.15) is 85.3 Å². The van der Waals surface area contributed by atoms with Gasteiger partial charge in [-0.05, 0) is 85.3 Å². The Labute approximate surface area is 221 Å². The number of ether oxygens (including phenoxy) is 4. The Kier molecular flexibility index (Phi) is 13.6. The molecule has 1 rings (SSSR count). The third-order valence-electron chi connectivity index (χ3n) is 5.15. The van der Waals surface area contributed by atoms with Gasteiger partial charge in [0.25, 0.3) is 0 Å². The van der Waals surface area contributed by atoms with E-state index in [0.717, 1.165) is 24.8 Å². The highest BCUT2D eigenvalue weighted by Gasteiger charge is 2.24. The Morgan fingerprint density at radius 2 is 1.51 bits per heavy atom. The van der Waals surface area contributed by atoms with Crippen LogP contribution in [0.15, 0.2) is 24.3 Å². The number of hydrogen-bond acceptors (Lipinski definition) is 7. The summed E-state index contributed by atoms with van der Waals surface area (Å²) in [6.45, 7) is 13.5. The molecule has 0 aromatic heterocycles. The number of unbranched alkanes of at least 4 members (excludes halogenated alkanes) is 1. The van der Waals surface area contributed by atoms with Crippen molar-refractivity contribution >= 4 is 18.0 Å². The molecule has 0 fully saturated rings. The molecule has 0 spiro atoms. The van der Waals surface area contributed by atoms with Crippen molar-refractivity contribution in [2.45, 2.75) is 111 Å². The molecule has 0 saturated heterocycles. The van der Waals surface area contributed by atoms with Crippen LogP contribution in [-0.2, 0) is 41.6 Å². The summed E-state index contributed by atoms with van der Waals surface area (Å²) in [5, 5.41) is 2.80. The molecule has 0 aliphatic heterocycles. The highest BCUT2D eigenvalue weighted by atomic mass is 16.6. The standard InChI is InChI=1S/C28H46N2O7/c1-20(23(15-16-24(29)31)30-26(33)37-28(5,6)7)35-18-22-13-11-21(12-14-22)10-8-9-17-34-19-25(32)36-27(2,3)4/h11-14,20,23H,8-10,15-19H2,1-7H3,(H2,29,31)(H,30,33)/t20-,23?/m1/s1. The smallest absolute Gasteiger partial charge is 0.407 e. The first-order valence-corrected chi connectivity index (χ1v) is 12.9. The second-order valence-corrected chi connectivity index (χ2v) is 11.2. The number of rotatable bonds is 15. The van der Waals surface area contributed by atoms with Gasteiger partial charge < -0.3 is 30.0 Å². The van der Waals surface area contributed by atoms with Gasteiger partial charge in [-0.15, -0.1) is 0 Å². The zero-order valence-corrected chi connectivity index (χ0v) is 23.6. The van der Waals surface area contributed by atoms with E-state index in [1.54, 1.807) is 20.8 Å². The summed E-state index contributed by atoms with van der Waals surface area (Å²) in [6, 6.07) is 7.74. The molecule has 3 N–H and O–H groups in total. The lowest BCUT2D eigenvalue weighted by Crippen LogP contribution is -2.45. The first kappa shape index (κ1) is 32.4. The number of hydrogen-bond donors (Lipinski definition) is 2. The summed E-state index contributed by atoms with van der Waals surface area (Å²) in [5.41, 5.74) is 6.37. The van der Waals surface area contributed by atoms with Crippen LogP contribution in [0, 0.1) is 0 Å². The lowest BCUT2D eigenvalue weighted by Gasteiger charge is -2.27. The highest BCUT2D eigenvalue weighted by molar-refractivity contribution is 5.74. The number of esters is 1. The van der Waals surface area contributed by atoms with Crippen molar-refractivity contribution in [1.29, 1.82) is 0 Å². The molecule has 1 unspecified atom stereocenters. The van der Waals surface area contributed by atoms with Gasteiger partial charge in [0.15, 0.2) is 0 Å². The van der Waals surface area contributed by atoms with Gasteiger partial charge in [-0.1, -0.05) is 24.3 Å². The molecule has 2 atom stereocenters. The van der Waals surface area contributed by atoms with Crippen LogP contribution in [0.3, 0.4) is 0 Å². The lowest BCUT2D eigenvalue weighted by molar-refractivity contribution is -0.160. The minimum absolute atomic E-state index is 0.0267. The molecule has 0 aliphatic rings. The monoisotopic (exact) mass is 522 g/mol. The van der Waals surface area contributed by atoms with Crippen LogP contribution in [0.2, 0.25) is 0 Å². The van der Waals surface area contributed by atoms with Crippen LogP contribution < -0.4 is 11.1 Å². The van der Waals surface area contributed by atoms with Crippen molar-refractivity contribution in [3.8, 4) is 0 Å². The predicted octanol–water partition coefficient (Wildman–Crippen LogP) is 4.43. The number of carbonyl (C=O) groups excluding carboxylic acids is 3. The molecule has 37 heavy (non-hydrogen) atoms. The van der Waals surface area contributed by atoms with E-state index in [1.807, 2.05) is 39.8 Å². The van der Waals surface area contributed by atoms with Crippen molar-refractivity contribution in [3.05, 3.63) is 35.4 Å². The Morgan fingerprint density at radius 3 is 2.08 bits per heavy atom. The van der Waals surface area contributed by atoms with Crippen LogP contribution >= 0.6 is 0 Å². The number of nitrogens with one attached hydrogen (secondary N) is 1. The molecule has 0 radical (unpaired) electrons. The number of aryl methyl sites for hydroxylation is 1. The third kappa shape index (κ3) is 16.7. The van der Waals surface area contributed by atoms with E-state index in [1.165, 1.54) is 5.56 Å². The average Bonchev–Trinajstić information content (AvgIpc) is 2.75. The van der Waals surface area contributed by atoms with Gasteiger partial charge in [0.05, 0.1) is 18.8 Å². The Hall–Kier alpha value is -2.65. The fourth-order valence-corrected chi connectivity index (χ4v) is 3.39. The largest absolute Gasteiger partial charge is 0.458 e. The normalized spacial score (nSPS) is 13.5. The van der Waals surface area contributed by atoms with Crippen molar-refractivity contribution in [3.63, 3.8) is 0 Å². The minimum Gasteiger partial charge on any atom is -0.458 e. The summed E-state index contributed by atoms with van der Waals surface area (Å²) in [4.78, 5) is 35.1. The first-order valence-electron chi connectivity index (χ1n) is 12.9. The fourth-order valence-electron chi connectivity index (χ4n) is 3.39. The summed E-state index contributed by atoms with van der Waals surface area (Å²) in [7, 11) is 0. The molecule has 2 amide bonds. The molecule has 0 saturated carbocycles. The van der Waals surface area contributed by atoms with E-state index in [2.05, 4.69) is 17.4 Å². The zero-order valence-electron chi connectivity index (χ0n) is 23.6. The average molecular weight is 523 g/mol. The molecular weight excluding hydrogens is 476 g/mol. The third-order valence-corrected chi connectivity index (χ3v) is 5.15. The number of primary amides is 1. The molecule has 9 nitrogen and oxygen atoms in total. The minimum atomic E-state index is -0.628. The Morgan fingerprint density at radius 1 is 0.919 bits per heavy atom. The molecule has 210 valence electrons. The zero-order chi connectivity index (χ0) is 28.1. The van der Waals surface area contributed by atoms with Gasteiger partial charge in [-0.3, -0.25) is 4.79 Å². The van der Waals surface area contributed by atoms with Gasteiger partial charge in [-0.25, -0.2) is 9.59 Å². The summed E-state index contributed by atoms with van der Waals surface area (Å²) in [6.07, 6.45) is 2.28. The van der Waals surface area contributed by atoms with Gasteiger partial charge in [0, 0.05) is 13.0 Å². The Bertz CT molecular complexity index is 842. The number of alkyl carbamates (subject to hydrolysis) is 1. The molecular formula is C28H46N2O7. The van der Waals surface area contributed by atoms with Crippen LogP contribution in [0.25, 0.3) is 0 Å². The van der Waals surface area contributed by atoms with Crippen molar-refractivity contribution in [2.24, 2.45) is 5.73 Å². The number of carbonyl (C=O) groups is 3. The van der Waals surface area contributed by atoms with Gasteiger partial charge in [-0.2, -0.15) is 0 Å². The lowest BCUT2D eigenvalue weighted by atomic mass is 10.1. The van der Waals surface area contributed by atoms with Gasteiger partial charge in [0.1, 0.15) is 17.8 Å². The second kappa shape index (κ2) is 15.6. The number of amides is 2. The molecule has 9 heteroatoms. The van der Waals surface area contributed by atoms with Crippen molar-refractivity contribution in [1.82, 2.24) is 5.32 Å². The first-order chi connectivity index (χ1) is 17.1. The number of benzene rings is 1. The van der Waals surface area contributed by atoms with E-state index >= 15 is 0 Å². The summed E-state index contributed by atoms with van der Waals surface area (Å²) in [5.74, 6) is -0.784. The van der Waals surface area contributed by atoms with Crippen LogP contribution in [0.5, 0.6) is 0 Å². The fraction of sp³-hybridized carbons (Fsp3) is 0.679. The number of nitrogens with two attached hydrogens (primary N) is 1. The molecule has 0 heterocycles. The maximum atomic E-state index is 12.2. The summed E-state index contributed by atoms with van der Waals surface area (Å²) < 4.78 is 21.9. The van der Waals surface area contributed by atoms with Crippen molar-refractivity contribution < 1.29 is 33.3 Å². The van der Waals surface area contributed by atoms with E-state index in [0.29, 0.717) is 19.6 Å². The maximum Gasteiger partial charge on any atom is 0.407 e. The molecule has 1 aromatic carbocycles. The van der Waals surface area contributed by atoms with Gasteiger partial charge in [0.2, 0.25) is 5.91 Å². The maximum absolute atomic E-state index is 12.2. The topological polar surface area (TPSA) is 126 Å². The van der Waals surface area contributed by atoms with Crippen LogP contribution in [0.4, 0.5) is 4.79 Å².